The lowest BCUT2D eigenvalue weighted by atomic mass is 9.99. The minimum absolute atomic E-state index is 0.296. The first-order chi connectivity index (χ1) is 15.9. The van der Waals surface area contributed by atoms with E-state index < -0.39 is 0 Å². The predicted octanol–water partition coefficient (Wildman–Crippen LogP) is 4.06. The average molecular weight is 447 g/mol. The first-order valence-corrected chi connectivity index (χ1v) is 11.2. The van der Waals surface area contributed by atoms with Crippen LogP contribution in [0.2, 0.25) is 0 Å². The van der Waals surface area contributed by atoms with Crippen LogP contribution in [0.1, 0.15) is 36.6 Å². The molecule has 0 radical (unpaired) electrons. The van der Waals surface area contributed by atoms with E-state index in [1.807, 2.05) is 36.3 Å². The number of carbonyl (C=O) groups excluding carboxylic acids is 1. The summed E-state index contributed by atoms with van der Waals surface area (Å²) < 4.78 is 6.58. The van der Waals surface area contributed by atoms with E-state index in [0.717, 1.165) is 42.0 Å². The van der Waals surface area contributed by atoms with Gasteiger partial charge in [0.2, 0.25) is 5.95 Å². The Bertz CT molecular complexity index is 1170. The molecular formula is C25H30N6O2. The fourth-order valence-electron chi connectivity index (χ4n) is 3.88. The number of ether oxygens (including phenoxy) is 1. The Balaban J connectivity index is 1.48. The van der Waals surface area contributed by atoms with Crippen molar-refractivity contribution in [3.63, 3.8) is 0 Å². The molecule has 1 N–H and O–H groups in total. The maximum Gasteiger partial charge on any atom is 0.330 e. The first kappa shape index (κ1) is 22.7. The second kappa shape index (κ2) is 9.95. The molecule has 2 aromatic heterocycles. The van der Waals surface area contributed by atoms with Crippen molar-refractivity contribution in [1.82, 2.24) is 24.6 Å². The van der Waals surface area contributed by atoms with Gasteiger partial charge in [-0.1, -0.05) is 12.1 Å². The largest absolute Gasteiger partial charge is 0.466 e. The smallest absolute Gasteiger partial charge is 0.330 e. The van der Waals surface area contributed by atoms with Gasteiger partial charge in [0.05, 0.1) is 19.0 Å². The van der Waals surface area contributed by atoms with Gasteiger partial charge in [0.1, 0.15) is 0 Å². The molecule has 1 aromatic carbocycles. The van der Waals surface area contributed by atoms with Gasteiger partial charge in [-0.3, -0.25) is 9.58 Å². The van der Waals surface area contributed by atoms with Crippen molar-refractivity contribution in [3.8, 4) is 11.3 Å². The topological polar surface area (TPSA) is 85.2 Å². The van der Waals surface area contributed by atoms with E-state index in [1.165, 1.54) is 24.3 Å². The van der Waals surface area contributed by atoms with Crippen LogP contribution in [0.4, 0.5) is 11.6 Å². The summed E-state index contributed by atoms with van der Waals surface area (Å²) >= 11 is 0. The number of fused-ring (bicyclic) bond motifs is 1. The highest BCUT2D eigenvalue weighted by Crippen LogP contribution is 2.26. The molecule has 1 aliphatic rings. The third-order valence-electron chi connectivity index (χ3n) is 5.75. The highest BCUT2D eigenvalue weighted by atomic mass is 16.5. The Morgan fingerprint density at radius 1 is 1.27 bits per heavy atom. The van der Waals surface area contributed by atoms with E-state index in [1.54, 1.807) is 0 Å². The number of hydrogen-bond acceptors (Lipinski definition) is 7. The van der Waals surface area contributed by atoms with Gasteiger partial charge in [-0.15, -0.1) is 0 Å². The highest BCUT2D eigenvalue weighted by Gasteiger charge is 2.16. The van der Waals surface area contributed by atoms with Crippen LogP contribution in [0.25, 0.3) is 11.3 Å². The Hall–Kier alpha value is -3.52. The number of nitrogens with zero attached hydrogens (tertiary/aromatic N) is 5. The van der Waals surface area contributed by atoms with Crippen LogP contribution in [-0.4, -0.2) is 50.8 Å². The number of anilines is 2. The van der Waals surface area contributed by atoms with Crippen LogP contribution >= 0.6 is 0 Å². The second-order valence-corrected chi connectivity index (χ2v) is 8.55. The van der Waals surface area contributed by atoms with Crippen molar-refractivity contribution in [1.29, 1.82) is 0 Å². The summed E-state index contributed by atoms with van der Waals surface area (Å²) in [5.41, 5.74) is 6.43. The van der Waals surface area contributed by atoms with Gasteiger partial charge in [-0.25, -0.2) is 14.8 Å². The van der Waals surface area contributed by atoms with E-state index in [9.17, 15) is 4.79 Å². The van der Waals surface area contributed by atoms with Crippen molar-refractivity contribution in [2.24, 2.45) is 0 Å². The van der Waals surface area contributed by atoms with Crippen LogP contribution in [0, 0.1) is 6.92 Å². The fourth-order valence-corrected chi connectivity index (χ4v) is 3.88. The van der Waals surface area contributed by atoms with Gasteiger partial charge in [-0.2, -0.15) is 5.10 Å². The zero-order valence-corrected chi connectivity index (χ0v) is 19.6. The van der Waals surface area contributed by atoms with E-state index in [0.29, 0.717) is 18.5 Å². The zero-order chi connectivity index (χ0) is 23.4. The van der Waals surface area contributed by atoms with Crippen molar-refractivity contribution in [2.75, 3.05) is 25.5 Å². The fraction of sp³-hybridized carbons (Fsp3) is 0.360. The molecule has 33 heavy (non-hydrogen) atoms. The molecule has 0 saturated carbocycles. The van der Waals surface area contributed by atoms with Crippen LogP contribution in [0.5, 0.6) is 0 Å². The minimum Gasteiger partial charge on any atom is -0.466 e. The quantitative estimate of drug-likeness (QED) is 0.433. The molecule has 172 valence electrons. The number of hydrogen-bond donors (Lipinski definition) is 1. The molecular weight excluding hydrogens is 416 g/mol. The summed E-state index contributed by atoms with van der Waals surface area (Å²) in [6, 6.07) is 6.70. The summed E-state index contributed by atoms with van der Waals surface area (Å²) in [5, 5.41) is 7.80. The number of methoxy groups -OCH3 is 1. The number of benzene rings is 1. The maximum absolute atomic E-state index is 11.3. The second-order valence-electron chi connectivity index (χ2n) is 8.55. The Labute approximate surface area is 194 Å². The number of aryl methyl sites for hydroxylation is 1. The molecule has 0 unspecified atom stereocenters. The molecule has 4 rings (SSSR count). The van der Waals surface area contributed by atoms with Crippen LogP contribution in [0.15, 0.2) is 48.9 Å². The number of esters is 1. The molecule has 0 saturated heterocycles. The molecule has 0 bridgehead atoms. The van der Waals surface area contributed by atoms with Crippen LogP contribution in [0.3, 0.4) is 0 Å². The molecule has 8 nitrogen and oxygen atoms in total. The predicted molar refractivity (Wildman–Crippen MR) is 128 cm³/mol. The van der Waals surface area contributed by atoms with Gasteiger partial charge < -0.3 is 10.1 Å². The lowest BCUT2D eigenvalue weighted by Gasteiger charge is -2.28. The van der Waals surface area contributed by atoms with Crippen LogP contribution < -0.4 is 5.32 Å². The third kappa shape index (κ3) is 5.46. The number of rotatable bonds is 7. The molecule has 0 atom stereocenters. The Kier molecular flexibility index (Phi) is 6.84. The average Bonchev–Trinajstić information content (AvgIpc) is 3.30. The van der Waals surface area contributed by atoms with Gasteiger partial charge in [-0.05, 0) is 56.0 Å². The first-order valence-electron chi connectivity index (χ1n) is 11.2. The van der Waals surface area contributed by atoms with Crippen molar-refractivity contribution >= 4 is 17.6 Å². The van der Waals surface area contributed by atoms with E-state index in [-0.39, 0.29) is 5.97 Å². The van der Waals surface area contributed by atoms with Crippen LogP contribution in [-0.2, 0) is 22.5 Å². The number of aromatic nitrogens is 4. The summed E-state index contributed by atoms with van der Waals surface area (Å²) in [6.45, 7) is 8.70. The standard InChI is InChI=1S/C25H30N6O2/c1-17(2)31-16-21(14-27-31)24-18(3)13-26-25(29-24)28-22-8-7-19-9-11-30(15-20(19)12-22)10-5-6-23(32)33-4/h5-8,12-14,16-17H,9-11,15H2,1-4H3,(H,26,28,29)/b6-5+. The Morgan fingerprint density at radius 2 is 2.12 bits per heavy atom. The number of nitrogens with one attached hydrogen (secondary N) is 1. The molecule has 3 aromatic rings. The molecule has 0 spiro atoms. The van der Waals surface area contributed by atoms with E-state index >= 15 is 0 Å². The molecule has 8 heteroatoms. The molecule has 0 amide bonds. The van der Waals surface area contributed by atoms with Gasteiger partial charge in [0, 0.05) is 55.4 Å². The minimum atomic E-state index is -0.326. The van der Waals surface area contributed by atoms with Gasteiger partial charge in [0.15, 0.2) is 0 Å². The Morgan fingerprint density at radius 3 is 2.88 bits per heavy atom. The van der Waals surface area contributed by atoms with E-state index in [4.69, 9.17) is 4.98 Å². The SMILES string of the molecule is COC(=O)/C=C/CN1CCc2ccc(Nc3ncc(C)c(-c4cnn(C(C)C)c4)n3)cc2C1. The lowest BCUT2D eigenvalue weighted by molar-refractivity contribution is -0.134. The summed E-state index contributed by atoms with van der Waals surface area (Å²) in [7, 11) is 1.39. The molecule has 3 heterocycles. The van der Waals surface area contributed by atoms with Crippen molar-refractivity contribution in [3.05, 3.63) is 65.6 Å². The summed E-state index contributed by atoms with van der Waals surface area (Å²) in [6.07, 6.45) is 10.0. The molecule has 1 aliphatic heterocycles. The van der Waals surface area contributed by atoms with E-state index in [2.05, 4.69) is 57.1 Å². The number of carbonyl (C=O) groups is 1. The monoisotopic (exact) mass is 446 g/mol. The third-order valence-corrected chi connectivity index (χ3v) is 5.75. The van der Waals surface area contributed by atoms with Gasteiger partial charge in [0.25, 0.3) is 0 Å². The lowest BCUT2D eigenvalue weighted by Crippen LogP contribution is -2.30. The van der Waals surface area contributed by atoms with Gasteiger partial charge >= 0.3 is 5.97 Å². The molecule has 0 aliphatic carbocycles. The van der Waals surface area contributed by atoms with Crippen molar-refractivity contribution in [2.45, 2.75) is 39.8 Å². The summed E-state index contributed by atoms with van der Waals surface area (Å²) in [4.78, 5) is 22.8. The highest BCUT2D eigenvalue weighted by molar-refractivity contribution is 5.81. The zero-order valence-electron chi connectivity index (χ0n) is 19.6. The summed E-state index contributed by atoms with van der Waals surface area (Å²) in [5.74, 6) is 0.231. The maximum atomic E-state index is 11.3. The normalized spacial score (nSPS) is 14.0. The van der Waals surface area contributed by atoms with Crippen molar-refractivity contribution < 1.29 is 9.53 Å². The molecule has 0 fully saturated rings.